The van der Waals surface area contributed by atoms with Gasteiger partial charge in [0.05, 0.1) is 0 Å². The van der Waals surface area contributed by atoms with Crippen molar-refractivity contribution in [3.8, 4) is 0 Å². The number of nitrogens with zero attached hydrogens (tertiary/aromatic N) is 1. The van der Waals surface area contributed by atoms with E-state index < -0.39 is 0 Å². The Labute approximate surface area is 40.7 Å². The summed E-state index contributed by atoms with van der Waals surface area (Å²) in [7, 11) is 0. The molecule has 3 heteroatoms. The van der Waals surface area contributed by atoms with E-state index in [9.17, 15) is 0 Å². The molecule has 0 aliphatic carbocycles. The summed E-state index contributed by atoms with van der Waals surface area (Å²) >= 11 is 1.57. The molecule has 0 bridgehead atoms. The Morgan fingerprint density at radius 2 is 2.80 bits per heavy atom. The molecule has 1 aromatic heterocycles. The molecule has 0 unspecified atom stereocenters. The van der Waals surface area contributed by atoms with Gasteiger partial charge >= 0.3 is 40.4 Å². The molecule has 0 spiro atoms. The summed E-state index contributed by atoms with van der Waals surface area (Å²) in [6.45, 7) is 0. The molecule has 0 amide bonds. The van der Waals surface area contributed by atoms with Crippen LogP contribution >= 0.6 is 0 Å². The molecule has 5 heavy (non-hydrogen) atoms. The first-order valence-corrected chi connectivity index (χ1v) is 7.47. The van der Waals surface area contributed by atoms with E-state index in [1.54, 1.807) is 0 Å². The molecule has 1 rings (SSSR count). The van der Waals surface area contributed by atoms with Crippen molar-refractivity contribution >= 4 is 25.3 Å². The van der Waals surface area contributed by atoms with Crippen molar-refractivity contribution in [1.29, 1.82) is 0 Å². The second kappa shape index (κ2) is 1.88. The molecule has 1 nitrogen and oxygen atoms in total. The van der Waals surface area contributed by atoms with E-state index >= 15 is 0 Å². The van der Waals surface area contributed by atoms with E-state index in [-0.39, 0.29) is 0 Å². The van der Waals surface area contributed by atoms with Crippen LogP contribution in [-0.2, 0) is 0 Å². The zero-order valence-corrected chi connectivity index (χ0v) is 5.84. The van der Waals surface area contributed by atoms with Gasteiger partial charge in [0.15, 0.2) is 0 Å². The summed E-state index contributed by atoms with van der Waals surface area (Å²) in [4.78, 5) is 3.89. The summed E-state index contributed by atoms with van der Waals surface area (Å²) in [5, 5.41) is 4.04. The van der Waals surface area contributed by atoms with Crippen LogP contribution in [0, 0.1) is 0 Å². The Balaban J connectivity index is 3.13. The third-order valence-electron chi connectivity index (χ3n) is 0.263. The third kappa shape index (κ3) is 0.978. The normalized spacial score (nSPS) is 8.00. The van der Waals surface area contributed by atoms with Gasteiger partial charge in [-0.05, 0) is 0 Å². The van der Waals surface area contributed by atoms with E-state index in [0.717, 1.165) is 25.3 Å². The van der Waals surface area contributed by atoms with E-state index in [0.29, 0.717) is 0 Å². The molecule has 26 valence electrons. The van der Waals surface area contributed by atoms with E-state index in [4.69, 9.17) is 0 Å². The van der Waals surface area contributed by atoms with Crippen molar-refractivity contribution in [3.05, 3.63) is 10.1 Å². The van der Waals surface area contributed by atoms with Gasteiger partial charge in [0, 0.05) is 0 Å². The minimum atomic E-state index is 0.785. The van der Waals surface area contributed by atoms with Gasteiger partial charge in [0.25, 0.3) is 0 Å². The standard InChI is InChI=1S/C2H2NSe2/c1-3-2-5-4-1/h1-2H/q+1. The van der Waals surface area contributed by atoms with Gasteiger partial charge in [0.2, 0.25) is 0 Å². The van der Waals surface area contributed by atoms with E-state index in [1.807, 2.05) is 10.1 Å². The minimum absolute atomic E-state index is 0.785. The number of aromatic nitrogens is 1. The van der Waals surface area contributed by atoms with Gasteiger partial charge < -0.3 is 0 Å². The summed E-state index contributed by atoms with van der Waals surface area (Å²) in [5.41, 5.74) is 0. The molecule has 0 radical (unpaired) electrons. The van der Waals surface area contributed by atoms with Crippen molar-refractivity contribution in [1.82, 2.24) is 4.98 Å². The van der Waals surface area contributed by atoms with E-state index in [1.165, 1.54) is 0 Å². The van der Waals surface area contributed by atoms with Gasteiger partial charge in [-0.1, -0.05) is 0 Å². The second-order valence-corrected chi connectivity index (χ2v) is 6.44. The van der Waals surface area contributed by atoms with Gasteiger partial charge in [-0.25, -0.2) is 0 Å². The molecule has 1 heterocycles. The van der Waals surface area contributed by atoms with Gasteiger partial charge in [0.1, 0.15) is 0 Å². The number of hydrogen-bond donors (Lipinski definition) is 0. The first-order valence-electron chi connectivity index (χ1n) is 1.15. The zero-order chi connectivity index (χ0) is 3.54. The van der Waals surface area contributed by atoms with Crippen molar-refractivity contribution in [2.45, 2.75) is 0 Å². The first kappa shape index (κ1) is 3.76. The molecular formula is C2H2NSe2+. The fraction of sp³-hybridized carbons (Fsp3) is 0. The predicted molar refractivity (Wildman–Crippen MR) is 22.5 cm³/mol. The zero-order valence-electron chi connectivity index (χ0n) is 2.42. The molecular weight excluding hydrogens is 196 g/mol. The Morgan fingerprint density at radius 3 is 3.00 bits per heavy atom. The quantitative estimate of drug-likeness (QED) is 0.511. The van der Waals surface area contributed by atoms with Crippen LogP contribution in [0.15, 0.2) is 10.1 Å². The average molecular weight is 198 g/mol. The van der Waals surface area contributed by atoms with Crippen LogP contribution in [0.5, 0.6) is 0 Å². The third-order valence-corrected chi connectivity index (χ3v) is 4.46. The van der Waals surface area contributed by atoms with Crippen LogP contribution in [0.25, 0.3) is 0 Å². The first-order chi connectivity index (χ1) is 2.50. The molecule has 0 fully saturated rings. The Bertz CT molecular complexity index is 64.1. The Morgan fingerprint density at radius 1 is 1.80 bits per heavy atom. The van der Waals surface area contributed by atoms with Crippen molar-refractivity contribution in [2.75, 3.05) is 0 Å². The maximum atomic E-state index is 3.89. The average Bonchev–Trinajstić information content (AvgIpc) is 1.76. The summed E-state index contributed by atoms with van der Waals surface area (Å²) in [5.74, 6) is 0. The summed E-state index contributed by atoms with van der Waals surface area (Å²) in [6.07, 6.45) is 0. The maximum absolute atomic E-state index is 3.89. The molecule has 0 saturated heterocycles. The van der Waals surface area contributed by atoms with Gasteiger partial charge in [-0.3, -0.25) is 0 Å². The van der Waals surface area contributed by atoms with Crippen molar-refractivity contribution in [3.63, 3.8) is 0 Å². The topological polar surface area (TPSA) is 12.9 Å². The monoisotopic (exact) mass is 200 g/mol. The molecule has 0 N–H and O–H groups in total. The summed E-state index contributed by atoms with van der Waals surface area (Å²) < 4.78 is 0. The van der Waals surface area contributed by atoms with Crippen LogP contribution < -0.4 is 0 Å². The van der Waals surface area contributed by atoms with Crippen LogP contribution in [-0.4, -0.2) is 30.3 Å². The molecule has 0 saturated carbocycles. The van der Waals surface area contributed by atoms with Crippen LogP contribution in [0.2, 0.25) is 0 Å². The van der Waals surface area contributed by atoms with E-state index in [2.05, 4.69) is 4.98 Å². The molecule has 0 aliphatic heterocycles. The number of hydrogen-bond acceptors (Lipinski definition) is 1. The Kier molecular flexibility index (Phi) is 1.42. The second-order valence-electron chi connectivity index (χ2n) is 0.552. The van der Waals surface area contributed by atoms with Crippen molar-refractivity contribution < 1.29 is 0 Å². The SMILES string of the molecule is c1nc[se+][se]1. The molecule has 0 atom stereocenters. The fourth-order valence-electron chi connectivity index (χ4n) is 0.124. The molecule has 0 aromatic carbocycles. The molecule has 0 aliphatic rings. The summed E-state index contributed by atoms with van der Waals surface area (Å²) in [6, 6.07) is 0. The van der Waals surface area contributed by atoms with Gasteiger partial charge in [-0.15, -0.1) is 0 Å². The fourth-order valence-corrected chi connectivity index (χ4v) is 3.35. The predicted octanol–water partition coefficient (Wildman–Crippen LogP) is -0.523. The van der Waals surface area contributed by atoms with Crippen molar-refractivity contribution in [2.24, 2.45) is 0 Å². The van der Waals surface area contributed by atoms with Crippen LogP contribution in [0.3, 0.4) is 0 Å². The number of rotatable bonds is 0. The Hall–Kier alpha value is 0.579. The van der Waals surface area contributed by atoms with Crippen LogP contribution in [0.1, 0.15) is 0 Å². The molecule has 1 aromatic rings. The van der Waals surface area contributed by atoms with Gasteiger partial charge in [-0.2, -0.15) is 0 Å². The van der Waals surface area contributed by atoms with Crippen LogP contribution in [0.4, 0.5) is 0 Å².